The van der Waals surface area contributed by atoms with E-state index in [4.69, 9.17) is 22.1 Å². The first kappa shape index (κ1) is 19.2. The Morgan fingerprint density at radius 3 is 2.59 bits per heavy atom. The highest BCUT2D eigenvalue weighted by atomic mass is 35.5. The molecule has 2 N–H and O–H groups in total. The predicted molar refractivity (Wildman–Crippen MR) is 113 cm³/mol. The van der Waals surface area contributed by atoms with Crippen LogP contribution in [0.3, 0.4) is 0 Å². The first-order valence-corrected chi connectivity index (χ1v) is 9.55. The maximum absolute atomic E-state index is 12.8. The summed E-state index contributed by atoms with van der Waals surface area (Å²) in [5, 5.41) is 0.609. The zero-order chi connectivity index (χ0) is 20.4. The first-order valence-electron chi connectivity index (χ1n) is 9.17. The molecule has 0 aliphatic carbocycles. The molecule has 0 atom stereocenters. The molecule has 0 fully saturated rings. The summed E-state index contributed by atoms with van der Waals surface area (Å²) in [5.74, 6) is -0.614. The molecule has 1 heterocycles. The third-order valence-electron chi connectivity index (χ3n) is 4.93. The lowest BCUT2D eigenvalue weighted by Crippen LogP contribution is -2.32. The largest absolute Gasteiger partial charge is 0.367 e. The first-order chi connectivity index (χ1) is 14.0. The SMILES string of the molecule is NC(=O)c1cccc(-c2ccc3c(c2)N(Cc2ccccc2Cl)C(=O)COC3)c1. The van der Waals surface area contributed by atoms with Crippen LogP contribution in [0.25, 0.3) is 11.1 Å². The van der Waals surface area contributed by atoms with Crippen LogP contribution in [0.15, 0.2) is 66.7 Å². The molecule has 3 aromatic carbocycles. The number of nitrogens with zero attached hydrogens (tertiary/aromatic N) is 1. The van der Waals surface area contributed by atoms with E-state index in [2.05, 4.69) is 0 Å². The van der Waals surface area contributed by atoms with Crippen molar-refractivity contribution in [3.8, 4) is 11.1 Å². The van der Waals surface area contributed by atoms with Crippen molar-refractivity contribution in [2.75, 3.05) is 11.5 Å². The number of nitrogens with two attached hydrogens (primary N) is 1. The fraction of sp³-hybridized carbons (Fsp3) is 0.130. The summed E-state index contributed by atoms with van der Waals surface area (Å²) >= 11 is 6.32. The van der Waals surface area contributed by atoms with Crippen molar-refractivity contribution in [3.63, 3.8) is 0 Å². The second-order valence-corrected chi connectivity index (χ2v) is 7.26. The molecular formula is C23H19ClN2O3. The van der Waals surface area contributed by atoms with Crippen molar-refractivity contribution < 1.29 is 14.3 Å². The van der Waals surface area contributed by atoms with E-state index in [9.17, 15) is 9.59 Å². The second-order valence-electron chi connectivity index (χ2n) is 6.85. The van der Waals surface area contributed by atoms with Crippen LogP contribution in [-0.2, 0) is 22.7 Å². The van der Waals surface area contributed by atoms with E-state index in [0.29, 0.717) is 23.7 Å². The number of amides is 2. The average molecular weight is 407 g/mol. The summed E-state index contributed by atoms with van der Waals surface area (Å²) < 4.78 is 5.54. The van der Waals surface area contributed by atoms with Gasteiger partial charge in [-0.3, -0.25) is 9.59 Å². The minimum Gasteiger partial charge on any atom is -0.367 e. The van der Waals surface area contributed by atoms with Gasteiger partial charge in [0.2, 0.25) is 5.91 Å². The van der Waals surface area contributed by atoms with Gasteiger partial charge in [0.1, 0.15) is 6.61 Å². The van der Waals surface area contributed by atoms with E-state index >= 15 is 0 Å². The lowest BCUT2D eigenvalue weighted by atomic mass is 9.99. The molecule has 29 heavy (non-hydrogen) atoms. The highest BCUT2D eigenvalue weighted by molar-refractivity contribution is 6.31. The monoisotopic (exact) mass is 406 g/mol. The van der Waals surface area contributed by atoms with Gasteiger partial charge in [-0.2, -0.15) is 0 Å². The fourth-order valence-electron chi connectivity index (χ4n) is 3.40. The van der Waals surface area contributed by atoms with Gasteiger partial charge < -0.3 is 15.4 Å². The molecule has 4 rings (SSSR count). The molecule has 0 aromatic heterocycles. The zero-order valence-corrected chi connectivity index (χ0v) is 16.4. The maximum atomic E-state index is 12.8. The highest BCUT2D eigenvalue weighted by Crippen LogP contribution is 2.32. The number of hydrogen-bond donors (Lipinski definition) is 1. The van der Waals surface area contributed by atoms with Crippen molar-refractivity contribution in [2.45, 2.75) is 13.2 Å². The minimum absolute atomic E-state index is 0.00558. The summed E-state index contributed by atoms with van der Waals surface area (Å²) in [6.07, 6.45) is 0. The van der Waals surface area contributed by atoms with E-state index in [1.54, 1.807) is 23.1 Å². The predicted octanol–water partition coefficient (Wildman–Crippen LogP) is 4.17. The van der Waals surface area contributed by atoms with Gasteiger partial charge in [-0.1, -0.05) is 54.1 Å². The highest BCUT2D eigenvalue weighted by Gasteiger charge is 2.24. The van der Waals surface area contributed by atoms with Crippen molar-refractivity contribution in [3.05, 3.63) is 88.4 Å². The van der Waals surface area contributed by atoms with Crippen molar-refractivity contribution in [1.29, 1.82) is 0 Å². The van der Waals surface area contributed by atoms with Crippen LogP contribution in [0.1, 0.15) is 21.5 Å². The lowest BCUT2D eigenvalue weighted by molar-refractivity contribution is -0.123. The van der Waals surface area contributed by atoms with Gasteiger partial charge in [0.05, 0.1) is 18.8 Å². The van der Waals surface area contributed by atoms with Gasteiger partial charge in [-0.05, 0) is 41.0 Å². The van der Waals surface area contributed by atoms with Crippen LogP contribution in [-0.4, -0.2) is 18.4 Å². The van der Waals surface area contributed by atoms with Crippen LogP contribution in [0.5, 0.6) is 0 Å². The lowest BCUT2D eigenvalue weighted by Gasteiger charge is -2.24. The van der Waals surface area contributed by atoms with Gasteiger partial charge >= 0.3 is 0 Å². The van der Waals surface area contributed by atoms with Gasteiger partial charge in [0.15, 0.2) is 0 Å². The molecule has 146 valence electrons. The van der Waals surface area contributed by atoms with Gasteiger partial charge in [-0.25, -0.2) is 0 Å². The molecule has 2 amide bonds. The van der Waals surface area contributed by atoms with E-state index in [1.165, 1.54) is 0 Å². The van der Waals surface area contributed by atoms with E-state index in [-0.39, 0.29) is 12.5 Å². The Bertz CT molecular complexity index is 1100. The molecule has 5 nitrogen and oxygen atoms in total. The number of primary amides is 1. The Hall–Kier alpha value is -3.15. The quantitative estimate of drug-likeness (QED) is 0.706. The molecule has 0 bridgehead atoms. The molecule has 0 saturated heterocycles. The number of anilines is 1. The van der Waals surface area contributed by atoms with Crippen LogP contribution >= 0.6 is 11.6 Å². The van der Waals surface area contributed by atoms with Crippen molar-refractivity contribution in [1.82, 2.24) is 0 Å². The number of rotatable bonds is 4. The molecule has 3 aromatic rings. The summed E-state index contributed by atoms with van der Waals surface area (Å²) in [7, 11) is 0. The summed E-state index contributed by atoms with van der Waals surface area (Å²) in [6.45, 7) is 0.701. The molecular weight excluding hydrogens is 388 g/mol. The maximum Gasteiger partial charge on any atom is 0.253 e. The minimum atomic E-state index is -0.481. The van der Waals surface area contributed by atoms with Crippen LogP contribution < -0.4 is 10.6 Å². The Labute approximate surface area is 173 Å². The van der Waals surface area contributed by atoms with Gasteiger partial charge in [0, 0.05) is 16.1 Å². The number of fused-ring (bicyclic) bond motifs is 1. The molecule has 0 saturated carbocycles. The number of carbonyl (C=O) groups excluding carboxylic acids is 2. The number of hydrogen-bond acceptors (Lipinski definition) is 3. The van der Waals surface area contributed by atoms with Gasteiger partial charge in [-0.15, -0.1) is 0 Å². The Morgan fingerprint density at radius 2 is 1.79 bits per heavy atom. The van der Waals surface area contributed by atoms with E-state index in [1.807, 2.05) is 48.5 Å². The molecule has 1 aliphatic rings. The van der Waals surface area contributed by atoms with Gasteiger partial charge in [0.25, 0.3) is 5.91 Å². The van der Waals surface area contributed by atoms with E-state index in [0.717, 1.165) is 27.9 Å². The number of halogens is 1. The number of carbonyl (C=O) groups is 2. The van der Waals surface area contributed by atoms with Crippen LogP contribution in [0.4, 0.5) is 5.69 Å². The molecule has 1 aliphatic heterocycles. The topological polar surface area (TPSA) is 72.6 Å². The Kier molecular flexibility index (Phi) is 5.34. The molecule has 0 radical (unpaired) electrons. The summed E-state index contributed by atoms with van der Waals surface area (Å²) in [4.78, 5) is 26.0. The van der Waals surface area contributed by atoms with Crippen LogP contribution in [0, 0.1) is 0 Å². The standard InChI is InChI=1S/C23H19ClN2O3/c24-20-7-2-1-4-18(20)12-26-21-11-16(8-9-19(21)13-29-14-22(26)27)15-5-3-6-17(10-15)23(25)28/h1-11H,12-14H2,(H2,25,28). The number of ether oxygens (including phenoxy) is 1. The van der Waals surface area contributed by atoms with Crippen molar-refractivity contribution >= 4 is 29.1 Å². The van der Waals surface area contributed by atoms with Crippen LogP contribution in [0.2, 0.25) is 5.02 Å². The Morgan fingerprint density at radius 1 is 1.00 bits per heavy atom. The number of benzene rings is 3. The second kappa shape index (κ2) is 8.07. The summed E-state index contributed by atoms with van der Waals surface area (Å²) in [6, 6.07) is 20.4. The van der Waals surface area contributed by atoms with E-state index < -0.39 is 5.91 Å². The fourth-order valence-corrected chi connectivity index (χ4v) is 3.60. The molecule has 0 unspecified atom stereocenters. The third kappa shape index (κ3) is 4.01. The molecule has 6 heteroatoms. The Balaban J connectivity index is 1.77. The normalized spacial score (nSPS) is 13.7. The molecule has 0 spiro atoms. The third-order valence-corrected chi connectivity index (χ3v) is 5.30. The summed E-state index contributed by atoms with van der Waals surface area (Å²) in [5.41, 5.74) is 10.1. The average Bonchev–Trinajstić information content (AvgIpc) is 2.88. The van der Waals surface area contributed by atoms with Crippen molar-refractivity contribution in [2.24, 2.45) is 5.73 Å². The zero-order valence-electron chi connectivity index (χ0n) is 15.6. The smallest absolute Gasteiger partial charge is 0.253 e.